The summed E-state index contributed by atoms with van der Waals surface area (Å²) in [6.07, 6.45) is -0.685. The summed E-state index contributed by atoms with van der Waals surface area (Å²) in [7, 11) is 0.165. The highest BCUT2D eigenvalue weighted by Crippen LogP contribution is 2.62. The molecule has 0 aliphatic carbocycles. The minimum Gasteiger partial charge on any atom is -0.378 e. The number of benzene rings is 2. The Hall–Kier alpha value is -2.41. The van der Waals surface area contributed by atoms with Crippen molar-refractivity contribution in [2.45, 2.75) is 45.7 Å². The minimum atomic E-state index is -3.70. The molecule has 0 fully saturated rings. The zero-order valence-electron chi connectivity index (χ0n) is 18.2. The number of hydrogen-bond acceptors (Lipinski definition) is 7. The van der Waals surface area contributed by atoms with Crippen molar-refractivity contribution in [1.29, 1.82) is 0 Å². The molecule has 0 radical (unpaired) electrons. The van der Waals surface area contributed by atoms with Crippen LogP contribution in [0, 0.1) is 10.1 Å². The van der Waals surface area contributed by atoms with Gasteiger partial charge in [0.1, 0.15) is 0 Å². The van der Waals surface area contributed by atoms with Gasteiger partial charge in [-0.1, -0.05) is 18.2 Å². The quantitative estimate of drug-likeness (QED) is 0.286. The van der Waals surface area contributed by atoms with Crippen LogP contribution in [-0.2, 0) is 13.6 Å². The molecule has 0 saturated carbocycles. The monoisotopic (exact) mass is 435 g/mol. The van der Waals surface area contributed by atoms with E-state index in [4.69, 9.17) is 9.05 Å². The smallest absolute Gasteiger partial charge is 0.357 e. The molecule has 2 aromatic rings. The number of hydrogen-bond donors (Lipinski definition) is 1. The van der Waals surface area contributed by atoms with Crippen molar-refractivity contribution in [3.63, 3.8) is 0 Å². The third-order valence-electron chi connectivity index (χ3n) is 4.12. The van der Waals surface area contributed by atoms with Crippen molar-refractivity contribution in [2.75, 3.05) is 24.3 Å². The Labute approximate surface area is 177 Å². The van der Waals surface area contributed by atoms with E-state index in [0.29, 0.717) is 11.3 Å². The molecular formula is C21H30N3O5P. The first-order chi connectivity index (χ1) is 14.0. The molecule has 1 unspecified atom stereocenters. The van der Waals surface area contributed by atoms with Gasteiger partial charge in [0.05, 0.1) is 17.1 Å². The lowest BCUT2D eigenvalue weighted by molar-refractivity contribution is -0.384. The van der Waals surface area contributed by atoms with E-state index in [1.54, 1.807) is 39.8 Å². The van der Waals surface area contributed by atoms with E-state index in [-0.39, 0.29) is 17.9 Å². The van der Waals surface area contributed by atoms with Gasteiger partial charge in [-0.05, 0) is 51.5 Å². The minimum absolute atomic E-state index is 0.0638. The first-order valence-electron chi connectivity index (χ1n) is 9.76. The average Bonchev–Trinajstić information content (AvgIpc) is 2.65. The Morgan fingerprint density at radius 3 is 2.03 bits per heavy atom. The van der Waals surface area contributed by atoms with E-state index in [2.05, 4.69) is 5.32 Å². The molecule has 0 aliphatic rings. The van der Waals surface area contributed by atoms with Crippen LogP contribution >= 0.6 is 7.60 Å². The second-order valence-electron chi connectivity index (χ2n) is 7.69. The van der Waals surface area contributed by atoms with Crippen LogP contribution in [0.5, 0.6) is 0 Å². The number of nitro groups is 1. The van der Waals surface area contributed by atoms with Gasteiger partial charge in [0, 0.05) is 37.6 Å². The maximum absolute atomic E-state index is 13.9. The average molecular weight is 435 g/mol. The molecule has 2 aromatic carbocycles. The molecule has 0 saturated heterocycles. The molecule has 0 bridgehead atoms. The summed E-state index contributed by atoms with van der Waals surface area (Å²) in [5, 5.41) is 14.3. The lowest BCUT2D eigenvalue weighted by Gasteiger charge is -2.31. The van der Waals surface area contributed by atoms with Crippen molar-refractivity contribution in [3.05, 3.63) is 64.2 Å². The summed E-state index contributed by atoms with van der Waals surface area (Å²) in [4.78, 5) is 12.7. The van der Waals surface area contributed by atoms with Gasteiger partial charge in [-0.2, -0.15) is 0 Å². The van der Waals surface area contributed by atoms with E-state index < -0.39 is 18.3 Å². The molecule has 0 spiro atoms. The fraction of sp³-hybridized carbons (Fsp3) is 0.429. The van der Waals surface area contributed by atoms with Gasteiger partial charge in [0.15, 0.2) is 5.78 Å². The van der Waals surface area contributed by atoms with Crippen LogP contribution in [0.2, 0.25) is 0 Å². The lowest BCUT2D eigenvalue weighted by atomic mass is 10.2. The van der Waals surface area contributed by atoms with Gasteiger partial charge in [0.2, 0.25) is 0 Å². The fourth-order valence-electron chi connectivity index (χ4n) is 2.90. The van der Waals surface area contributed by atoms with Gasteiger partial charge in [-0.3, -0.25) is 14.7 Å². The van der Waals surface area contributed by atoms with Gasteiger partial charge in [-0.25, -0.2) is 0 Å². The maximum atomic E-state index is 13.9. The van der Waals surface area contributed by atoms with E-state index in [1.165, 1.54) is 12.1 Å². The van der Waals surface area contributed by atoms with E-state index in [9.17, 15) is 14.7 Å². The Morgan fingerprint density at radius 1 is 1.00 bits per heavy atom. The number of anilines is 2. The van der Waals surface area contributed by atoms with Crippen LogP contribution in [0.15, 0.2) is 48.5 Å². The molecule has 30 heavy (non-hydrogen) atoms. The zero-order chi connectivity index (χ0) is 22.5. The highest BCUT2D eigenvalue weighted by molar-refractivity contribution is 7.54. The number of non-ortho nitro benzene ring substituents is 1. The van der Waals surface area contributed by atoms with Gasteiger partial charge in [0.25, 0.3) is 5.69 Å². The molecule has 1 atom stereocenters. The SMILES string of the molecule is CC(C)OP(=O)(OC(C)C)C(Nc1cccc([N+](=O)[O-])c1)c1ccc(N(C)C)cc1. The van der Waals surface area contributed by atoms with Crippen LogP contribution in [0.1, 0.15) is 39.0 Å². The predicted molar refractivity (Wildman–Crippen MR) is 120 cm³/mol. The summed E-state index contributed by atoms with van der Waals surface area (Å²) in [6, 6.07) is 13.6. The maximum Gasteiger partial charge on any atom is 0.357 e. The number of nitro benzene ring substituents is 1. The largest absolute Gasteiger partial charge is 0.378 e. The fourth-order valence-corrected chi connectivity index (χ4v) is 5.21. The molecule has 8 nitrogen and oxygen atoms in total. The summed E-state index contributed by atoms with van der Waals surface area (Å²) in [5.74, 6) is -0.847. The van der Waals surface area contributed by atoms with Crippen LogP contribution in [0.3, 0.4) is 0 Å². The molecule has 0 amide bonds. The highest BCUT2D eigenvalue weighted by atomic mass is 31.2. The lowest BCUT2D eigenvalue weighted by Crippen LogP contribution is -2.19. The molecule has 1 N–H and O–H groups in total. The van der Waals surface area contributed by atoms with E-state index in [0.717, 1.165) is 5.69 Å². The highest BCUT2D eigenvalue weighted by Gasteiger charge is 2.39. The summed E-state index contributed by atoms with van der Waals surface area (Å²) in [6.45, 7) is 7.15. The van der Waals surface area contributed by atoms with Crippen molar-refractivity contribution in [3.8, 4) is 0 Å². The van der Waals surface area contributed by atoms with E-state index in [1.807, 2.05) is 43.3 Å². The topological polar surface area (TPSA) is 93.9 Å². The second kappa shape index (κ2) is 10.1. The standard InChI is InChI=1S/C21H30N3O5P/c1-15(2)28-30(27,29-16(3)4)21(17-10-12-19(13-11-17)23(5)6)22-18-8-7-9-20(14-18)24(25)26/h7-16,21-22H,1-6H3. The second-order valence-corrected chi connectivity index (χ2v) is 9.71. The summed E-state index contributed by atoms with van der Waals surface area (Å²) in [5.41, 5.74) is 2.06. The molecule has 9 heteroatoms. The third kappa shape index (κ3) is 6.29. The molecule has 0 heterocycles. The molecular weight excluding hydrogens is 405 g/mol. The number of rotatable bonds is 10. The van der Waals surface area contributed by atoms with Gasteiger partial charge in [-0.15, -0.1) is 0 Å². The summed E-state index contributed by atoms with van der Waals surface area (Å²) >= 11 is 0. The Kier molecular flexibility index (Phi) is 8.01. The predicted octanol–water partition coefficient (Wildman–Crippen LogP) is 5.81. The summed E-state index contributed by atoms with van der Waals surface area (Å²) < 4.78 is 25.6. The Balaban J connectivity index is 2.54. The van der Waals surface area contributed by atoms with Gasteiger partial charge < -0.3 is 19.3 Å². The van der Waals surface area contributed by atoms with Crippen molar-refractivity contribution in [1.82, 2.24) is 0 Å². The number of nitrogens with zero attached hydrogens (tertiary/aromatic N) is 2. The molecule has 164 valence electrons. The van der Waals surface area contributed by atoms with Crippen LogP contribution < -0.4 is 10.2 Å². The van der Waals surface area contributed by atoms with Crippen molar-refractivity contribution >= 4 is 24.7 Å². The van der Waals surface area contributed by atoms with Crippen LogP contribution in [-0.4, -0.2) is 31.2 Å². The Bertz CT molecular complexity index is 886. The molecule has 0 aliphatic heterocycles. The van der Waals surface area contributed by atoms with E-state index >= 15 is 0 Å². The van der Waals surface area contributed by atoms with Crippen molar-refractivity contribution < 1.29 is 18.5 Å². The van der Waals surface area contributed by atoms with Crippen molar-refractivity contribution in [2.24, 2.45) is 0 Å². The first-order valence-corrected chi connectivity index (χ1v) is 11.4. The van der Waals surface area contributed by atoms with Crippen LogP contribution in [0.25, 0.3) is 0 Å². The molecule has 2 rings (SSSR count). The third-order valence-corrected chi connectivity index (χ3v) is 6.61. The Morgan fingerprint density at radius 2 is 1.57 bits per heavy atom. The first kappa shape index (κ1) is 23.9. The normalized spacial score (nSPS) is 12.8. The van der Waals surface area contributed by atoms with Gasteiger partial charge >= 0.3 is 7.60 Å². The molecule has 0 aromatic heterocycles. The number of nitrogens with one attached hydrogen (secondary N) is 1. The zero-order valence-corrected chi connectivity index (χ0v) is 19.1. The van der Waals surface area contributed by atoms with Crippen LogP contribution in [0.4, 0.5) is 17.1 Å².